The average molecular weight is 215 g/mol. The van der Waals surface area contributed by atoms with Crippen LogP contribution in [0.1, 0.15) is 33.6 Å². The molecule has 0 atom stereocenters. The molecule has 82 valence electrons. The number of nitrogens with zero attached hydrogens (tertiary/aromatic N) is 3. The van der Waals surface area contributed by atoms with Crippen molar-refractivity contribution in [2.24, 2.45) is 12.7 Å². The Kier molecular flexibility index (Phi) is 2.00. The lowest BCUT2D eigenvalue weighted by Crippen LogP contribution is -2.17. The third kappa shape index (κ3) is 1.95. The molecule has 0 unspecified atom stereocenters. The van der Waals surface area contributed by atoms with E-state index in [0.29, 0.717) is 11.1 Å². The lowest BCUT2D eigenvalue weighted by molar-refractivity contribution is -0.385. The first-order chi connectivity index (χ1) is 8.20. The van der Waals surface area contributed by atoms with Crippen LogP contribution in [-0.4, -0.2) is 20.6 Å². The van der Waals surface area contributed by atoms with E-state index in [2.05, 4.69) is 5.10 Å². The molecule has 1 heterocycles. The van der Waals surface area contributed by atoms with Gasteiger partial charge in [0.25, 0.3) is 5.91 Å². The van der Waals surface area contributed by atoms with E-state index in [9.17, 15) is 14.9 Å². The summed E-state index contributed by atoms with van der Waals surface area (Å²) < 4.78 is 21.9. The number of carbonyl (C=O) groups excluding carboxylic acids is 1. The highest BCUT2D eigenvalue weighted by molar-refractivity contribution is 5.95. The van der Waals surface area contributed by atoms with Crippen molar-refractivity contribution in [2.45, 2.75) is 19.8 Å². The molecule has 2 N–H and O–H groups in total. The second-order valence-electron chi connectivity index (χ2n) is 2.93. The molecule has 1 aromatic rings. The lowest BCUT2D eigenvalue weighted by Gasteiger charge is -1.94. The van der Waals surface area contributed by atoms with Gasteiger partial charge in [-0.05, 0) is 6.42 Å². The van der Waals surface area contributed by atoms with Gasteiger partial charge >= 0.3 is 5.69 Å². The molecule has 0 radical (unpaired) electrons. The van der Waals surface area contributed by atoms with Gasteiger partial charge in [-0.2, -0.15) is 5.10 Å². The highest BCUT2D eigenvalue weighted by Crippen LogP contribution is 2.23. The van der Waals surface area contributed by atoms with Gasteiger partial charge in [0.2, 0.25) is 5.69 Å². The minimum atomic E-state index is -2.79. The topological polar surface area (TPSA) is 104 Å². The molecular formula is C8H12N4O3. The van der Waals surface area contributed by atoms with Crippen LogP contribution >= 0.6 is 0 Å². The number of hydrogen-bond acceptors (Lipinski definition) is 4. The van der Waals surface area contributed by atoms with Gasteiger partial charge in [0, 0.05) is 11.1 Å². The molecule has 0 fully saturated rings. The zero-order valence-electron chi connectivity index (χ0n) is 11.1. The van der Waals surface area contributed by atoms with Crippen molar-refractivity contribution in [2.75, 3.05) is 0 Å². The van der Waals surface area contributed by atoms with E-state index in [4.69, 9.17) is 9.85 Å². The molecule has 7 nitrogen and oxygen atoms in total. The van der Waals surface area contributed by atoms with Crippen LogP contribution in [0.3, 0.4) is 0 Å². The Morgan fingerprint density at radius 3 is 2.87 bits per heavy atom. The van der Waals surface area contributed by atoms with Gasteiger partial charge in [-0.15, -0.1) is 0 Å². The summed E-state index contributed by atoms with van der Waals surface area (Å²) in [7, 11) is 0. The van der Waals surface area contributed by atoms with Crippen molar-refractivity contribution in [1.29, 1.82) is 0 Å². The smallest absolute Gasteiger partial charge is 0.323 e. The second-order valence-corrected chi connectivity index (χ2v) is 2.93. The van der Waals surface area contributed by atoms with E-state index in [1.807, 2.05) is 0 Å². The molecule has 0 aliphatic heterocycles. The minimum absolute atomic E-state index is 0.0487. The number of aromatic nitrogens is 2. The van der Waals surface area contributed by atoms with E-state index in [1.54, 1.807) is 6.92 Å². The van der Waals surface area contributed by atoms with Gasteiger partial charge in [-0.3, -0.25) is 19.6 Å². The fourth-order valence-electron chi connectivity index (χ4n) is 1.27. The monoisotopic (exact) mass is 215 g/mol. The van der Waals surface area contributed by atoms with E-state index >= 15 is 0 Å². The molecule has 7 heteroatoms. The predicted octanol–water partition coefficient (Wildman–Crippen LogP) is 0.380. The van der Waals surface area contributed by atoms with E-state index in [0.717, 1.165) is 0 Å². The van der Waals surface area contributed by atoms with Crippen LogP contribution in [0.5, 0.6) is 0 Å². The Labute approximate surface area is 90.2 Å². The standard InChI is InChI=1S/C8H12N4O3/c1-3-4-5-6(12(14)15)7(8(9)13)11(2)10-5/h3-4H2,1-2H3,(H2,9,13)/i2D3. The molecule has 0 saturated carbocycles. The van der Waals surface area contributed by atoms with Crippen molar-refractivity contribution < 1.29 is 13.8 Å². The SMILES string of the molecule is [2H]C([2H])([2H])n1nc(CCC)c([N+](=O)[O-])c1C(N)=O. The van der Waals surface area contributed by atoms with E-state index in [-0.39, 0.29) is 12.1 Å². The van der Waals surface area contributed by atoms with Crippen molar-refractivity contribution >= 4 is 11.6 Å². The Balaban J connectivity index is 3.59. The molecule has 0 spiro atoms. The van der Waals surface area contributed by atoms with Crippen LogP contribution in [0.15, 0.2) is 0 Å². The first-order valence-corrected chi connectivity index (χ1v) is 4.26. The summed E-state index contributed by atoms with van der Waals surface area (Å²) in [6.45, 7) is -1.04. The van der Waals surface area contributed by atoms with Crippen LogP contribution in [0, 0.1) is 10.1 Å². The first-order valence-electron chi connectivity index (χ1n) is 5.76. The normalized spacial score (nSPS) is 14.1. The van der Waals surface area contributed by atoms with E-state index < -0.39 is 29.2 Å². The molecule has 0 saturated heterocycles. The van der Waals surface area contributed by atoms with Crippen molar-refractivity contribution in [1.82, 2.24) is 9.78 Å². The predicted molar refractivity (Wildman–Crippen MR) is 52.4 cm³/mol. The fraction of sp³-hybridized carbons (Fsp3) is 0.500. The summed E-state index contributed by atoms with van der Waals surface area (Å²) in [4.78, 5) is 21.3. The third-order valence-corrected chi connectivity index (χ3v) is 1.83. The van der Waals surface area contributed by atoms with Crippen LogP contribution in [0.25, 0.3) is 0 Å². The fourth-order valence-corrected chi connectivity index (χ4v) is 1.27. The van der Waals surface area contributed by atoms with Crippen molar-refractivity contribution in [3.8, 4) is 0 Å². The molecule has 15 heavy (non-hydrogen) atoms. The zero-order chi connectivity index (χ0) is 14.1. The van der Waals surface area contributed by atoms with Crippen molar-refractivity contribution in [3.63, 3.8) is 0 Å². The molecule has 0 aromatic carbocycles. The average Bonchev–Trinajstić information content (AvgIpc) is 2.57. The maximum absolute atomic E-state index is 11.2. The van der Waals surface area contributed by atoms with Gasteiger partial charge in [0.05, 0.1) is 4.92 Å². The largest absolute Gasteiger partial charge is 0.364 e. The molecule has 0 bridgehead atoms. The third-order valence-electron chi connectivity index (χ3n) is 1.83. The number of nitro groups is 1. The van der Waals surface area contributed by atoms with Crippen LogP contribution < -0.4 is 5.73 Å². The quantitative estimate of drug-likeness (QED) is 0.579. The lowest BCUT2D eigenvalue weighted by atomic mass is 10.2. The Morgan fingerprint density at radius 2 is 2.47 bits per heavy atom. The van der Waals surface area contributed by atoms with Gasteiger partial charge in [-0.1, -0.05) is 13.3 Å². The van der Waals surface area contributed by atoms with Crippen molar-refractivity contribution in [3.05, 3.63) is 21.5 Å². The number of nitrogens with two attached hydrogens (primary N) is 1. The van der Waals surface area contributed by atoms with Gasteiger partial charge in [0.15, 0.2) is 0 Å². The highest BCUT2D eigenvalue weighted by atomic mass is 16.6. The Hall–Kier alpha value is -1.92. The summed E-state index contributed by atoms with van der Waals surface area (Å²) in [6, 6.07) is 0. The summed E-state index contributed by atoms with van der Waals surface area (Å²) >= 11 is 0. The minimum Gasteiger partial charge on any atom is -0.364 e. The Bertz CT molecular complexity index is 495. The number of amides is 1. The molecule has 1 aromatic heterocycles. The number of rotatable bonds is 4. The van der Waals surface area contributed by atoms with Gasteiger partial charge < -0.3 is 5.73 Å². The number of aryl methyl sites for hydroxylation is 2. The highest BCUT2D eigenvalue weighted by Gasteiger charge is 2.29. The summed E-state index contributed by atoms with van der Waals surface area (Å²) in [5.74, 6) is -1.19. The Morgan fingerprint density at radius 1 is 1.80 bits per heavy atom. The first kappa shape index (κ1) is 7.38. The number of hydrogen-bond donors (Lipinski definition) is 1. The summed E-state index contributed by atoms with van der Waals surface area (Å²) in [5, 5.41) is 14.5. The molecule has 0 aliphatic carbocycles. The molecule has 1 amide bonds. The number of primary amides is 1. The maximum Gasteiger partial charge on any atom is 0.323 e. The zero-order valence-corrected chi connectivity index (χ0v) is 8.06. The van der Waals surface area contributed by atoms with Gasteiger partial charge in [-0.25, -0.2) is 0 Å². The van der Waals surface area contributed by atoms with Gasteiger partial charge in [0.1, 0.15) is 5.69 Å². The van der Waals surface area contributed by atoms with E-state index in [1.165, 1.54) is 0 Å². The maximum atomic E-state index is 11.2. The molecular weight excluding hydrogens is 200 g/mol. The summed E-state index contributed by atoms with van der Waals surface area (Å²) in [5.41, 5.74) is 3.64. The summed E-state index contributed by atoms with van der Waals surface area (Å²) in [6.07, 6.45) is 0.719. The molecule has 1 rings (SSSR count). The van der Waals surface area contributed by atoms with Crippen LogP contribution in [0.4, 0.5) is 5.69 Å². The van der Waals surface area contributed by atoms with Crippen LogP contribution in [-0.2, 0) is 13.4 Å². The molecule has 0 aliphatic rings. The second kappa shape index (κ2) is 4.07. The number of carbonyl (C=O) groups is 1. The van der Waals surface area contributed by atoms with Crippen LogP contribution in [0.2, 0.25) is 0 Å².